The summed E-state index contributed by atoms with van der Waals surface area (Å²) in [6, 6.07) is 7.52. The van der Waals surface area contributed by atoms with Gasteiger partial charge in [-0.15, -0.1) is 0 Å². The number of halogens is 2. The van der Waals surface area contributed by atoms with Crippen molar-refractivity contribution < 1.29 is 28.2 Å². The average Bonchev–Trinajstić information content (AvgIpc) is 3.40. The van der Waals surface area contributed by atoms with Gasteiger partial charge in [-0.1, -0.05) is 6.07 Å². The predicted octanol–water partition coefficient (Wildman–Crippen LogP) is 3.77. The lowest BCUT2D eigenvalue weighted by Gasteiger charge is -2.26. The summed E-state index contributed by atoms with van der Waals surface area (Å²) >= 11 is 0. The van der Waals surface area contributed by atoms with Crippen molar-refractivity contribution in [3.63, 3.8) is 0 Å². The van der Waals surface area contributed by atoms with Crippen LogP contribution in [0, 0.1) is 11.6 Å². The molecule has 13 heteroatoms. The average molecular weight is 568 g/mol. The van der Waals surface area contributed by atoms with Crippen molar-refractivity contribution in [2.45, 2.75) is 44.4 Å². The van der Waals surface area contributed by atoms with Gasteiger partial charge in [0.25, 0.3) is 0 Å². The number of fused-ring (bicyclic) bond motifs is 1. The number of ether oxygens (including phenoxy) is 2. The largest absolute Gasteiger partial charge is 0.493 e. The zero-order chi connectivity index (χ0) is 28.8. The molecule has 1 aliphatic rings. The molecule has 4 aromatic rings. The lowest BCUT2D eigenvalue weighted by molar-refractivity contribution is -0.116. The number of amides is 1. The first-order valence-corrected chi connectivity index (χ1v) is 13.3. The number of hydrogen-bond donors (Lipinski definition) is 4. The molecule has 2 heterocycles. The molecule has 4 N–H and O–H groups in total. The Kier molecular flexibility index (Phi) is 8.85. The van der Waals surface area contributed by atoms with Gasteiger partial charge in [-0.05, 0) is 43.9 Å². The van der Waals surface area contributed by atoms with Gasteiger partial charge < -0.3 is 30.5 Å². The number of hydrogen-bond acceptors (Lipinski definition) is 9. The minimum absolute atomic E-state index is 0.185. The van der Waals surface area contributed by atoms with Crippen LogP contribution >= 0.6 is 0 Å². The smallest absolute Gasteiger partial charge is 0.246 e. The van der Waals surface area contributed by atoms with E-state index in [0.29, 0.717) is 53.1 Å². The molecule has 1 aliphatic carbocycles. The molecular weight excluding hydrogens is 536 g/mol. The number of benzene rings is 2. The Balaban J connectivity index is 1.21. The maximum absolute atomic E-state index is 13.9. The first-order chi connectivity index (χ1) is 19.9. The van der Waals surface area contributed by atoms with E-state index in [0.717, 1.165) is 31.7 Å². The molecule has 41 heavy (non-hydrogen) atoms. The first kappa shape index (κ1) is 28.2. The van der Waals surface area contributed by atoms with Crippen molar-refractivity contribution in [3.05, 3.63) is 60.7 Å². The van der Waals surface area contributed by atoms with Crippen LogP contribution in [-0.4, -0.2) is 63.2 Å². The Bertz CT molecular complexity index is 1510. The fraction of sp³-hybridized carbons (Fsp3) is 0.357. The number of aliphatic hydroxyl groups is 1. The Hall–Kier alpha value is -4.36. The van der Waals surface area contributed by atoms with Crippen LogP contribution in [0.2, 0.25) is 0 Å². The zero-order valence-electron chi connectivity index (χ0n) is 22.4. The lowest BCUT2D eigenvalue weighted by atomic mass is 9.93. The predicted molar refractivity (Wildman–Crippen MR) is 148 cm³/mol. The van der Waals surface area contributed by atoms with Crippen LogP contribution in [0.15, 0.2) is 49.1 Å². The van der Waals surface area contributed by atoms with Crippen LogP contribution < -0.4 is 25.4 Å². The van der Waals surface area contributed by atoms with E-state index in [1.165, 1.54) is 29.3 Å². The second-order valence-electron chi connectivity index (χ2n) is 9.75. The number of carbonyl (C=O) groups excluding carboxylic acids is 1. The van der Waals surface area contributed by atoms with Crippen molar-refractivity contribution in [1.82, 2.24) is 25.1 Å². The minimum atomic E-state index is -1.12. The monoisotopic (exact) mass is 567 g/mol. The molecule has 1 fully saturated rings. The van der Waals surface area contributed by atoms with Gasteiger partial charge in [0, 0.05) is 30.2 Å². The molecule has 0 spiro atoms. The second-order valence-corrected chi connectivity index (χ2v) is 9.75. The molecule has 11 nitrogen and oxygen atoms in total. The number of aliphatic hydroxyl groups excluding tert-OH is 1. The van der Waals surface area contributed by atoms with E-state index in [-0.39, 0.29) is 18.3 Å². The van der Waals surface area contributed by atoms with E-state index in [4.69, 9.17) is 9.47 Å². The SMILES string of the molecule is COc1cc2c(Nc3cnn(CC(=O)Nc4cccc(F)c4F)c3)ncnc2cc1OCCNC1CCC(O)CC1. The highest BCUT2D eigenvalue weighted by molar-refractivity contribution is 5.93. The van der Waals surface area contributed by atoms with E-state index in [2.05, 4.69) is 31.0 Å². The molecule has 2 aromatic heterocycles. The second kappa shape index (κ2) is 12.9. The van der Waals surface area contributed by atoms with Gasteiger partial charge in [-0.2, -0.15) is 5.10 Å². The van der Waals surface area contributed by atoms with Crippen molar-refractivity contribution in [3.8, 4) is 11.5 Å². The van der Waals surface area contributed by atoms with E-state index in [9.17, 15) is 18.7 Å². The molecule has 0 bridgehead atoms. The number of nitrogens with zero attached hydrogens (tertiary/aromatic N) is 4. The summed E-state index contributed by atoms with van der Waals surface area (Å²) in [7, 11) is 1.56. The van der Waals surface area contributed by atoms with E-state index < -0.39 is 17.5 Å². The summed E-state index contributed by atoms with van der Waals surface area (Å²) in [5, 5.41) is 23.5. The topological polar surface area (TPSA) is 135 Å². The van der Waals surface area contributed by atoms with Crippen LogP contribution in [0.4, 0.5) is 26.0 Å². The quantitative estimate of drug-likeness (QED) is 0.200. The standard InChI is InChI=1S/C28H31F2N7O4/c1-40-24-11-20-23(12-25(24)41-10-9-31-17-5-7-19(38)8-6-17)32-16-33-28(20)35-18-13-34-37(14-18)15-26(39)36-22-4-2-3-21(29)27(22)30/h2-4,11-14,16-17,19,31,38H,5-10,15H2,1H3,(H,36,39)(H,32,33,35). The van der Waals surface area contributed by atoms with Crippen LogP contribution in [0.5, 0.6) is 11.5 Å². The highest BCUT2D eigenvalue weighted by Crippen LogP contribution is 2.34. The molecule has 0 unspecified atom stereocenters. The molecule has 5 rings (SSSR count). The third-order valence-electron chi connectivity index (χ3n) is 6.84. The molecule has 2 aromatic carbocycles. The number of rotatable bonds is 11. The van der Waals surface area contributed by atoms with Crippen LogP contribution in [0.3, 0.4) is 0 Å². The molecule has 0 aliphatic heterocycles. The number of anilines is 3. The molecule has 0 saturated heterocycles. The molecule has 1 saturated carbocycles. The third kappa shape index (κ3) is 7.05. The molecular formula is C28H31F2N7O4. The molecule has 0 radical (unpaired) electrons. The normalized spacial score (nSPS) is 16.9. The van der Waals surface area contributed by atoms with Crippen molar-refractivity contribution in [2.75, 3.05) is 30.9 Å². The maximum atomic E-state index is 13.9. The van der Waals surface area contributed by atoms with Gasteiger partial charge >= 0.3 is 0 Å². The fourth-order valence-corrected chi connectivity index (χ4v) is 4.73. The summed E-state index contributed by atoms with van der Waals surface area (Å²) in [6.45, 7) is 0.891. The zero-order valence-corrected chi connectivity index (χ0v) is 22.4. The highest BCUT2D eigenvalue weighted by Gasteiger charge is 2.19. The maximum Gasteiger partial charge on any atom is 0.246 e. The number of carbonyl (C=O) groups is 1. The third-order valence-corrected chi connectivity index (χ3v) is 6.84. The number of nitrogens with one attached hydrogen (secondary N) is 3. The summed E-state index contributed by atoms with van der Waals surface area (Å²) in [5.41, 5.74) is 0.943. The lowest BCUT2D eigenvalue weighted by Crippen LogP contribution is -2.36. The Morgan fingerprint density at radius 2 is 1.98 bits per heavy atom. The molecule has 0 atom stereocenters. The van der Waals surface area contributed by atoms with Gasteiger partial charge in [-0.3, -0.25) is 9.48 Å². The summed E-state index contributed by atoms with van der Waals surface area (Å²) < 4.78 is 40.2. The number of methoxy groups -OCH3 is 1. The fourth-order valence-electron chi connectivity index (χ4n) is 4.73. The van der Waals surface area contributed by atoms with Gasteiger partial charge in [-0.25, -0.2) is 18.7 Å². The van der Waals surface area contributed by atoms with Gasteiger partial charge in [0.05, 0.1) is 36.3 Å². The van der Waals surface area contributed by atoms with Crippen molar-refractivity contribution in [2.24, 2.45) is 0 Å². The van der Waals surface area contributed by atoms with E-state index >= 15 is 0 Å². The van der Waals surface area contributed by atoms with Crippen molar-refractivity contribution in [1.29, 1.82) is 0 Å². The molecule has 216 valence electrons. The first-order valence-electron chi connectivity index (χ1n) is 13.3. The van der Waals surface area contributed by atoms with Crippen LogP contribution in [0.1, 0.15) is 25.7 Å². The Morgan fingerprint density at radius 1 is 1.15 bits per heavy atom. The highest BCUT2D eigenvalue weighted by atomic mass is 19.2. The summed E-state index contributed by atoms with van der Waals surface area (Å²) in [4.78, 5) is 21.0. The van der Waals surface area contributed by atoms with Crippen LogP contribution in [0.25, 0.3) is 10.9 Å². The summed E-state index contributed by atoms with van der Waals surface area (Å²) in [6.07, 6.45) is 7.88. The Labute approximate surface area is 234 Å². The van der Waals surface area contributed by atoms with E-state index in [1.54, 1.807) is 25.4 Å². The van der Waals surface area contributed by atoms with Gasteiger partial charge in [0.15, 0.2) is 23.1 Å². The van der Waals surface area contributed by atoms with E-state index in [1.807, 2.05) is 0 Å². The van der Waals surface area contributed by atoms with Gasteiger partial charge in [0.2, 0.25) is 5.91 Å². The van der Waals surface area contributed by atoms with Crippen LogP contribution in [-0.2, 0) is 11.3 Å². The Morgan fingerprint density at radius 3 is 2.78 bits per heavy atom. The minimum Gasteiger partial charge on any atom is -0.493 e. The number of aromatic nitrogens is 4. The summed E-state index contributed by atoms with van der Waals surface area (Å²) in [5.74, 6) is -1.17. The van der Waals surface area contributed by atoms with Crippen molar-refractivity contribution >= 4 is 34.0 Å². The van der Waals surface area contributed by atoms with Gasteiger partial charge in [0.1, 0.15) is 25.3 Å². The molecule has 1 amide bonds.